The monoisotopic (exact) mass is 427 g/mol. The second-order valence-corrected chi connectivity index (χ2v) is 7.74. The molecule has 8 heteroatoms. The number of hydrogen-bond donors (Lipinski definition) is 3. The third-order valence-corrected chi connectivity index (χ3v) is 5.33. The highest BCUT2D eigenvalue weighted by Crippen LogP contribution is 2.34. The fourth-order valence-corrected chi connectivity index (χ4v) is 3.63. The zero-order valence-corrected chi connectivity index (χ0v) is 17.9. The van der Waals surface area contributed by atoms with Gasteiger partial charge in [-0.3, -0.25) is 14.4 Å². The molecule has 1 aliphatic rings. The Morgan fingerprint density at radius 2 is 2.06 bits per heavy atom. The third kappa shape index (κ3) is 5.73. The van der Waals surface area contributed by atoms with Crippen LogP contribution in [-0.4, -0.2) is 47.8 Å². The van der Waals surface area contributed by atoms with Crippen LogP contribution in [0.2, 0.25) is 0 Å². The van der Waals surface area contributed by atoms with Crippen molar-refractivity contribution < 1.29 is 19.4 Å². The molecule has 0 aliphatic heterocycles. The van der Waals surface area contributed by atoms with Crippen molar-refractivity contribution in [2.45, 2.75) is 38.8 Å². The van der Waals surface area contributed by atoms with Crippen molar-refractivity contribution in [2.75, 3.05) is 20.3 Å². The number of nitrogens with one attached hydrogen (secondary N) is 2. The van der Waals surface area contributed by atoms with Gasteiger partial charge in [-0.25, -0.2) is 0 Å². The maximum Gasteiger partial charge on any atom is 0.263 e. The predicted octanol–water partition coefficient (Wildman–Crippen LogP) is 1.55. The van der Waals surface area contributed by atoms with Gasteiger partial charge in [0, 0.05) is 19.3 Å². The van der Waals surface area contributed by atoms with Crippen LogP contribution in [0, 0.1) is 5.92 Å². The number of ether oxygens (including phenoxy) is 1. The fourth-order valence-electron chi connectivity index (χ4n) is 3.63. The van der Waals surface area contributed by atoms with Crippen LogP contribution >= 0.6 is 0 Å². The molecule has 166 valence electrons. The van der Waals surface area contributed by atoms with Crippen molar-refractivity contribution in [3.63, 3.8) is 0 Å². The highest BCUT2D eigenvalue weighted by Gasteiger charge is 2.37. The SMILES string of the molecule is CCC[C@@H]1C[C@H]1NC(=O)c1cc(C(=O)NC)c(=O)n(Cc2cccc(OCCO)c2)c1. The molecule has 31 heavy (non-hydrogen) atoms. The average Bonchev–Trinajstić information content (AvgIpc) is 3.50. The summed E-state index contributed by atoms with van der Waals surface area (Å²) in [6.07, 6.45) is 4.59. The predicted molar refractivity (Wildman–Crippen MR) is 116 cm³/mol. The Balaban J connectivity index is 1.87. The van der Waals surface area contributed by atoms with Gasteiger partial charge in [0.15, 0.2) is 0 Å². The summed E-state index contributed by atoms with van der Waals surface area (Å²) in [6, 6.07) is 8.62. The third-order valence-electron chi connectivity index (χ3n) is 5.33. The largest absolute Gasteiger partial charge is 0.491 e. The first-order valence-corrected chi connectivity index (χ1v) is 10.6. The van der Waals surface area contributed by atoms with Gasteiger partial charge >= 0.3 is 0 Å². The zero-order valence-electron chi connectivity index (χ0n) is 17.9. The molecule has 1 saturated carbocycles. The van der Waals surface area contributed by atoms with E-state index in [9.17, 15) is 14.4 Å². The molecule has 3 rings (SSSR count). The smallest absolute Gasteiger partial charge is 0.263 e. The number of carbonyl (C=O) groups excluding carboxylic acids is 2. The Kier molecular flexibility index (Phi) is 7.46. The van der Waals surface area contributed by atoms with Gasteiger partial charge in [-0.05, 0) is 42.5 Å². The molecule has 0 saturated heterocycles. The molecule has 0 bridgehead atoms. The molecule has 8 nitrogen and oxygen atoms in total. The summed E-state index contributed by atoms with van der Waals surface area (Å²) in [5.41, 5.74) is 0.479. The number of rotatable bonds is 10. The maximum absolute atomic E-state index is 12.9. The minimum atomic E-state index is -0.538. The molecular formula is C23H29N3O5. The molecule has 1 aromatic carbocycles. The molecular weight excluding hydrogens is 398 g/mol. The van der Waals surface area contributed by atoms with Crippen LogP contribution in [0.25, 0.3) is 0 Å². The summed E-state index contributed by atoms with van der Waals surface area (Å²) >= 11 is 0. The van der Waals surface area contributed by atoms with E-state index >= 15 is 0 Å². The zero-order chi connectivity index (χ0) is 22.4. The lowest BCUT2D eigenvalue weighted by Gasteiger charge is -2.13. The van der Waals surface area contributed by atoms with Crippen LogP contribution in [0.1, 0.15) is 52.5 Å². The van der Waals surface area contributed by atoms with Gasteiger partial charge in [0.2, 0.25) is 0 Å². The van der Waals surface area contributed by atoms with E-state index in [1.54, 1.807) is 18.2 Å². The first-order valence-electron chi connectivity index (χ1n) is 10.6. The molecule has 1 heterocycles. The number of amides is 2. The van der Waals surface area contributed by atoms with Crippen molar-refractivity contribution in [1.82, 2.24) is 15.2 Å². The van der Waals surface area contributed by atoms with E-state index in [2.05, 4.69) is 17.6 Å². The number of aliphatic hydroxyl groups excluding tert-OH is 1. The first-order chi connectivity index (χ1) is 15.0. The van der Waals surface area contributed by atoms with E-state index in [-0.39, 0.29) is 42.8 Å². The van der Waals surface area contributed by atoms with Crippen molar-refractivity contribution in [3.8, 4) is 5.75 Å². The lowest BCUT2D eigenvalue weighted by atomic mass is 10.1. The van der Waals surface area contributed by atoms with Crippen molar-refractivity contribution in [3.05, 3.63) is 63.6 Å². The van der Waals surface area contributed by atoms with Crippen LogP contribution in [0.5, 0.6) is 5.75 Å². The molecule has 2 aromatic rings. The molecule has 2 atom stereocenters. The van der Waals surface area contributed by atoms with E-state index in [1.807, 2.05) is 6.07 Å². The Labute approximate surface area is 181 Å². The van der Waals surface area contributed by atoms with E-state index in [1.165, 1.54) is 23.9 Å². The Morgan fingerprint density at radius 1 is 1.26 bits per heavy atom. The average molecular weight is 428 g/mol. The number of nitrogens with zero attached hydrogens (tertiary/aromatic N) is 1. The van der Waals surface area contributed by atoms with E-state index in [0.717, 1.165) is 24.8 Å². The van der Waals surface area contributed by atoms with Crippen LogP contribution in [0.4, 0.5) is 0 Å². The minimum absolute atomic E-state index is 0.0799. The molecule has 2 amide bonds. The van der Waals surface area contributed by atoms with Crippen LogP contribution in [-0.2, 0) is 6.54 Å². The maximum atomic E-state index is 12.9. The Morgan fingerprint density at radius 3 is 2.77 bits per heavy atom. The van der Waals surface area contributed by atoms with Gasteiger partial charge in [-0.2, -0.15) is 0 Å². The first kappa shape index (κ1) is 22.6. The Bertz CT molecular complexity index is 1000. The highest BCUT2D eigenvalue weighted by molar-refractivity contribution is 5.99. The lowest BCUT2D eigenvalue weighted by molar-refractivity contribution is 0.0948. The number of pyridine rings is 1. The van der Waals surface area contributed by atoms with Gasteiger partial charge in [0.1, 0.15) is 17.9 Å². The number of hydrogen-bond acceptors (Lipinski definition) is 5. The molecule has 0 spiro atoms. The van der Waals surface area contributed by atoms with Crippen molar-refractivity contribution >= 4 is 11.8 Å². The quantitative estimate of drug-likeness (QED) is 0.533. The van der Waals surface area contributed by atoms with Gasteiger partial charge < -0.3 is 25.0 Å². The van der Waals surface area contributed by atoms with Gasteiger partial charge in [-0.15, -0.1) is 0 Å². The molecule has 0 radical (unpaired) electrons. The number of aliphatic hydroxyl groups is 1. The summed E-state index contributed by atoms with van der Waals surface area (Å²) in [5, 5.41) is 14.4. The normalized spacial score (nSPS) is 17.1. The van der Waals surface area contributed by atoms with Crippen molar-refractivity contribution in [1.29, 1.82) is 0 Å². The van der Waals surface area contributed by atoms with Crippen LogP contribution < -0.4 is 20.9 Å². The summed E-state index contributed by atoms with van der Waals surface area (Å²) < 4.78 is 6.78. The minimum Gasteiger partial charge on any atom is -0.491 e. The van der Waals surface area contributed by atoms with E-state index < -0.39 is 11.5 Å². The number of benzene rings is 1. The van der Waals surface area contributed by atoms with Gasteiger partial charge in [0.25, 0.3) is 17.4 Å². The number of carbonyl (C=O) groups is 2. The second kappa shape index (κ2) is 10.3. The summed E-state index contributed by atoms with van der Waals surface area (Å²) in [6.45, 7) is 2.35. The van der Waals surface area contributed by atoms with Crippen LogP contribution in [0.3, 0.4) is 0 Å². The fraction of sp³-hybridized carbons (Fsp3) is 0.435. The number of aromatic nitrogens is 1. The molecule has 3 N–H and O–H groups in total. The summed E-state index contributed by atoms with van der Waals surface area (Å²) in [4.78, 5) is 37.9. The van der Waals surface area contributed by atoms with Gasteiger partial charge in [-0.1, -0.05) is 25.5 Å². The lowest BCUT2D eigenvalue weighted by Crippen LogP contribution is -2.34. The Hall–Kier alpha value is -3.13. The second-order valence-electron chi connectivity index (χ2n) is 7.74. The van der Waals surface area contributed by atoms with Crippen LogP contribution in [0.15, 0.2) is 41.3 Å². The summed E-state index contributed by atoms with van der Waals surface area (Å²) in [5.74, 6) is 0.238. The highest BCUT2D eigenvalue weighted by atomic mass is 16.5. The molecule has 1 aromatic heterocycles. The van der Waals surface area contributed by atoms with Crippen molar-refractivity contribution in [2.24, 2.45) is 5.92 Å². The van der Waals surface area contributed by atoms with E-state index in [4.69, 9.17) is 9.84 Å². The molecule has 1 aliphatic carbocycles. The molecule has 0 unspecified atom stereocenters. The van der Waals surface area contributed by atoms with E-state index in [0.29, 0.717) is 11.7 Å². The summed E-state index contributed by atoms with van der Waals surface area (Å²) in [7, 11) is 1.44. The van der Waals surface area contributed by atoms with Gasteiger partial charge in [0.05, 0.1) is 18.7 Å². The standard InChI is InChI=1S/C23H29N3O5/c1-3-5-16-12-20(16)25-21(28)17-11-19(22(29)24-2)23(30)26(14-17)13-15-6-4-7-18(10-15)31-9-8-27/h4,6-7,10-11,14,16,20,27H,3,5,8-9,12-13H2,1-2H3,(H,24,29)(H,25,28)/t16-,20-/m1/s1. The topological polar surface area (TPSA) is 110 Å². The molecule has 1 fully saturated rings.